The van der Waals surface area contributed by atoms with E-state index in [0.717, 1.165) is 6.07 Å². The molecule has 0 bridgehead atoms. The zero-order valence-electron chi connectivity index (χ0n) is 7.31. The summed E-state index contributed by atoms with van der Waals surface area (Å²) in [6.07, 6.45) is -4.83. The second-order valence-corrected chi connectivity index (χ2v) is 2.93. The molecular weight excluding hydrogens is 235 g/mol. The maximum Gasteiger partial charge on any atom is 0.573 e. The van der Waals surface area contributed by atoms with Gasteiger partial charge in [-0.1, -0.05) is 11.6 Å². The summed E-state index contributed by atoms with van der Waals surface area (Å²) >= 11 is 5.49. The van der Waals surface area contributed by atoms with Gasteiger partial charge >= 0.3 is 6.36 Å². The topological polar surface area (TPSA) is 74.2 Å². The quantitative estimate of drug-likeness (QED) is 0.773. The van der Waals surface area contributed by atoms with E-state index < -0.39 is 12.1 Å². The van der Waals surface area contributed by atoms with Crippen molar-refractivity contribution < 1.29 is 17.9 Å². The lowest BCUT2D eigenvalue weighted by Gasteiger charge is -2.12. The number of nitrogen functional groups attached to an aromatic ring is 1. The Morgan fingerprint density at radius 1 is 1.47 bits per heavy atom. The number of pyridine rings is 1. The number of hydrogen-bond acceptors (Lipinski definition) is 4. The van der Waals surface area contributed by atoms with Gasteiger partial charge in [0.1, 0.15) is 5.69 Å². The van der Waals surface area contributed by atoms with Gasteiger partial charge in [-0.3, -0.25) is 0 Å². The average Bonchev–Trinajstić information content (AvgIpc) is 2.10. The van der Waals surface area contributed by atoms with Crippen LogP contribution in [0.25, 0.3) is 0 Å². The molecule has 0 unspecified atom stereocenters. The largest absolute Gasteiger partial charge is 0.573 e. The zero-order valence-corrected chi connectivity index (χ0v) is 8.06. The van der Waals surface area contributed by atoms with Crippen LogP contribution in [0.2, 0.25) is 5.15 Å². The van der Waals surface area contributed by atoms with Gasteiger partial charge in [0.05, 0.1) is 5.69 Å². The van der Waals surface area contributed by atoms with Gasteiger partial charge in [-0.2, -0.15) is 0 Å². The molecule has 1 heterocycles. The molecule has 4 nitrogen and oxygen atoms in total. The molecule has 0 fully saturated rings. The normalized spacial score (nSPS) is 11.5. The summed E-state index contributed by atoms with van der Waals surface area (Å²) in [6.45, 7) is -0.0613. The third kappa shape index (κ3) is 3.14. The van der Waals surface area contributed by atoms with Crippen LogP contribution >= 0.6 is 11.6 Å². The monoisotopic (exact) mass is 241 g/mol. The highest BCUT2D eigenvalue weighted by molar-refractivity contribution is 6.32. The molecule has 8 heteroatoms. The fraction of sp³-hybridized carbons (Fsp3) is 0.286. The number of rotatable bonds is 2. The van der Waals surface area contributed by atoms with Crippen molar-refractivity contribution in [3.8, 4) is 5.75 Å². The summed E-state index contributed by atoms with van der Waals surface area (Å²) in [4.78, 5) is 3.65. The molecule has 0 aliphatic rings. The van der Waals surface area contributed by atoms with Crippen LogP contribution < -0.4 is 16.2 Å². The van der Waals surface area contributed by atoms with E-state index in [1.807, 2.05) is 0 Å². The minimum atomic E-state index is -4.83. The molecule has 0 spiro atoms. The Morgan fingerprint density at radius 3 is 2.53 bits per heavy atom. The number of alkyl halides is 3. The molecule has 1 aromatic heterocycles. The van der Waals surface area contributed by atoms with Crippen LogP contribution in [0.4, 0.5) is 18.9 Å². The summed E-state index contributed by atoms with van der Waals surface area (Å²) in [5.41, 5.74) is 10.2. The highest BCUT2D eigenvalue weighted by Crippen LogP contribution is 2.32. The zero-order chi connectivity index (χ0) is 11.6. The van der Waals surface area contributed by atoms with Gasteiger partial charge in [-0.15, -0.1) is 13.2 Å². The first kappa shape index (κ1) is 11.9. The molecular formula is C7H7ClF3N3O. The Bertz CT molecular complexity index is 369. The number of hydrogen-bond donors (Lipinski definition) is 2. The maximum atomic E-state index is 11.9. The summed E-state index contributed by atoms with van der Waals surface area (Å²) in [5.74, 6) is -0.594. The van der Waals surface area contributed by atoms with Gasteiger partial charge in [0.2, 0.25) is 0 Å². The lowest BCUT2D eigenvalue weighted by atomic mass is 10.3. The van der Waals surface area contributed by atoms with Gasteiger partial charge in [-0.05, 0) is 0 Å². The average molecular weight is 242 g/mol. The molecule has 0 aromatic carbocycles. The molecule has 1 aromatic rings. The fourth-order valence-corrected chi connectivity index (χ4v) is 1.06. The first-order chi connectivity index (χ1) is 6.83. The molecule has 0 saturated carbocycles. The van der Waals surface area contributed by atoms with Gasteiger partial charge in [0, 0.05) is 12.6 Å². The van der Waals surface area contributed by atoms with Crippen molar-refractivity contribution >= 4 is 17.3 Å². The predicted octanol–water partition coefficient (Wildman–Crippen LogP) is 1.67. The van der Waals surface area contributed by atoms with Crippen LogP contribution in [0.3, 0.4) is 0 Å². The summed E-state index contributed by atoms with van der Waals surface area (Å²) in [5, 5.41) is -0.266. The van der Waals surface area contributed by atoms with E-state index in [1.54, 1.807) is 0 Å². The summed E-state index contributed by atoms with van der Waals surface area (Å²) < 4.78 is 39.4. The molecule has 15 heavy (non-hydrogen) atoms. The van der Waals surface area contributed by atoms with E-state index >= 15 is 0 Å². The van der Waals surface area contributed by atoms with E-state index in [2.05, 4.69) is 9.72 Å². The van der Waals surface area contributed by atoms with Crippen LogP contribution in [-0.4, -0.2) is 11.3 Å². The predicted molar refractivity (Wildman–Crippen MR) is 48.2 cm³/mol. The van der Waals surface area contributed by atoms with Gasteiger partial charge in [0.15, 0.2) is 10.9 Å². The number of nitrogens with zero attached hydrogens (tertiary/aromatic N) is 1. The second kappa shape index (κ2) is 4.11. The molecule has 0 atom stereocenters. The van der Waals surface area contributed by atoms with Crippen molar-refractivity contribution in [2.24, 2.45) is 5.73 Å². The van der Waals surface area contributed by atoms with Crippen molar-refractivity contribution in [2.45, 2.75) is 12.9 Å². The van der Waals surface area contributed by atoms with Crippen LogP contribution in [0, 0.1) is 0 Å². The molecule has 1 rings (SSSR count). The molecule has 0 saturated heterocycles. The van der Waals surface area contributed by atoms with E-state index in [9.17, 15) is 13.2 Å². The molecule has 84 valence electrons. The maximum absolute atomic E-state index is 11.9. The fourth-order valence-electron chi connectivity index (χ4n) is 0.863. The Kier molecular flexibility index (Phi) is 3.25. The van der Waals surface area contributed by atoms with Crippen LogP contribution in [0.15, 0.2) is 6.07 Å². The Morgan fingerprint density at radius 2 is 2.07 bits per heavy atom. The minimum Gasteiger partial charge on any atom is -0.403 e. The van der Waals surface area contributed by atoms with Gasteiger partial charge in [-0.25, -0.2) is 4.98 Å². The number of halogens is 4. The van der Waals surface area contributed by atoms with Gasteiger partial charge < -0.3 is 16.2 Å². The summed E-state index contributed by atoms with van der Waals surface area (Å²) in [6, 6.07) is 0.995. The van der Waals surface area contributed by atoms with Crippen LogP contribution in [0.5, 0.6) is 5.75 Å². The van der Waals surface area contributed by atoms with E-state index in [-0.39, 0.29) is 23.1 Å². The number of ether oxygens (including phenoxy) is 1. The van der Waals surface area contributed by atoms with Crippen molar-refractivity contribution in [1.82, 2.24) is 4.98 Å². The highest BCUT2D eigenvalue weighted by atomic mass is 35.5. The molecule has 0 aliphatic heterocycles. The highest BCUT2D eigenvalue weighted by Gasteiger charge is 2.32. The number of anilines is 1. The van der Waals surface area contributed by atoms with E-state index in [4.69, 9.17) is 23.1 Å². The summed E-state index contributed by atoms with van der Waals surface area (Å²) in [7, 11) is 0. The van der Waals surface area contributed by atoms with Crippen LogP contribution in [0.1, 0.15) is 5.69 Å². The third-order valence-electron chi connectivity index (χ3n) is 1.46. The number of aromatic nitrogens is 1. The minimum absolute atomic E-state index is 0.0613. The molecule has 4 N–H and O–H groups in total. The lowest BCUT2D eigenvalue weighted by Crippen LogP contribution is -2.18. The Hall–Kier alpha value is -1.21. The molecule has 0 radical (unpaired) electrons. The van der Waals surface area contributed by atoms with Crippen molar-refractivity contribution in [3.63, 3.8) is 0 Å². The Labute approximate surface area is 88.0 Å². The van der Waals surface area contributed by atoms with E-state index in [1.165, 1.54) is 0 Å². The third-order valence-corrected chi connectivity index (χ3v) is 1.75. The first-order valence-corrected chi connectivity index (χ1v) is 4.12. The molecule has 0 amide bonds. The molecule has 0 aliphatic carbocycles. The van der Waals surface area contributed by atoms with Gasteiger partial charge in [0.25, 0.3) is 0 Å². The van der Waals surface area contributed by atoms with Crippen molar-refractivity contribution in [2.75, 3.05) is 5.73 Å². The van der Waals surface area contributed by atoms with Crippen LogP contribution in [-0.2, 0) is 6.54 Å². The first-order valence-electron chi connectivity index (χ1n) is 3.74. The van der Waals surface area contributed by atoms with E-state index in [0.29, 0.717) is 0 Å². The van der Waals surface area contributed by atoms with Crippen molar-refractivity contribution in [3.05, 3.63) is 16.9 Å². The number of nitrogens with two attached hydrogens (primary N) is 2. The SMILES string of the molecule is NCc1cc(OC(F)(F)F)c(N)c(Cl)n1. The standard InChI is InChI=1S/C7H7ClF3N3O/c8-6-5(13)4(15-7(9,10)11)1-3(2-12)14-6/h1H,2,12-13H2. The second-order valence-electron chi connectivity index (χ2n) is 2.57. The smallest absolute Gasteiger partial charge is 0.403 e. The Balaban J connectivity index is 3.11. The lowest BCUT2D eigenvalue weighted by molar-refractivity contribution is -0.274. The van der Waals surface area contributed by atoms with Crippen molar-refractivity contribution in [1.29, 1.82) is 0 Å².